The second-order valence-electron chi connectivity index (χ2n) is 4.37. The number of aryl methyl sites for hydroxylation is 1. The number of hydrogen-bond donors (Lipinski definition) is 1. The van der Waals surface area contributed by atoms with Crippen LogP contribution in [0, 0.1) is 25.2 Å². The van der Waals surface area contributed by atoms with Crippen LogP contribution in [-0.2, 0) is 6.42 Å². The Hall–Kier alpha value is -1.24. The fraction of sp³-hybridized carbons (Fsp3) is 0.500. The lowest BCUT2D eigenvalue weighted by Gasteiger charge is -2.15. The van der Waals surface area contributed by atoms with E-state index < -0.39 is 0 Å². The molecule has 1 atom stereocenters. The summed E-state index contributed by atoms with van der Waals surface area (Å²) in [6, 6.07) is 3.96. The summed E-state index contributed by atoms with van der Waals surface area (Å²) in [4.78, 5) is 0. The molecule has 98 valence electrons. The Morgan fingerprint density at radius 1 is 1.50 bits per heavy atom. The van der Waals surface area contributed by atoms with Gasteiger partial charge < -0.3 is 10.1 Å². The van der Waals surface area contributed by atoms with E-state index in [1.54, 1.807) is 7.11 Å². The molecule has 1 rings (SSSR count). The van der Waals surface area contributed by atoms with Crippen molar-refractivity contribution in [1.29, 1.82) is 5.26 Å². The first-order valence-corrected chi connectivity index (χ1v) is 6.34. The molecule has 0 fully saturated rings. The van der Waals surface area contributed by atoms with Gasteiger partial charge in [-0.1, -0.05) is 11.6 Å². The van der Waals surface area contributed by atoms with Crippen LogP contribution < -0.4 is 10.1 Å². The normalized spacial score (nSPS) is 12.0. The molecule has 1 aromatic rings. The first kappa shape index (κ1) is 14.8. The molecule has 0 amide bonds. The number of rotatable bonds is 5. The number of hydrogen-bond acceptors (Lipinski definition) is 3. The Kier molecular flexibility index (Phi) is 5.46. The average Bonchev–Trinajstić information content (AvgIpc) is 2.37. The lowest BCUT2D eigenvalue weighted by molar-refractivity contribution is 0.408. The molecule has 0 aromatic heterocycles. The van der Waals surface area contributed by atoms with Crippen molar-refractivity contribution in [3.8, 4) is 11.8 Å². The topological polar surface area (TPSA) is 45.0 Å². The van der Waals surface area contributed by atoms with Crippen molar-refractivity contribution in [2.75, 3.05) is 13.7 Å². The van der Waals surface area contributed by atoms with Crippen LogP contribution in [0.5, 0.6) is 5.75 Å². The van der Waals surface area contributed by atoms with Crippen molar-refractivity contribution in [3.05, 3.63) is 27.8 Å². The fourth-order valence-electron chi connectivity index (χ4n) is 1.91. The predicted molar refractivity (Wildman–Crippen MR) is 74.3 cm³/mol. The van der Waals surface area contributed by atoms with Crippen molar-refractivity contribution in [1.82, 2.24) is 5.32 Å². The number of nitrogens with zero attached hydrogens (tertiary/aromatic N) is 1. The maximum atomic E-state index is 8.71. The Morgan fingerprint density at radius 2 is 2.17 bits per heavy atom. The molecule has 0 bridgehead atoms. The van der Waals surface area contributed by atoms with Crippen molar-refractivity contribution >= 4 is 11.6 Å². The van der Waals surface area contributed by atoms with Gasteiger partial charge in [0.05, 0.1) is 19.2 Å². The standard InChI is InChI=1S/C14H19ClN2O/c1-9-7-13(18-4)12(11(3)14(9)15)5-6-17-10(2)8-16/h7,10,17H,5-6H2,1-4H3. The number of ether oxygens (including phenoxy) is 1. The number of halogens is 1. The second-order valence-corrected chi connectivity index (χ2v) is 4.75. The molecule has 0 aliphatic rings. The summed E-state index contributed by atoms with van der Waals surface area (Å²) in [5.41, 5.74) is 3.18. The summed E-state index contributed by atoms with van der Waals surface area (Å²) in [5.74, 6) is 0.862. The van der Waals surface area contributed by atoms with Crippen molar-refractivity contribution < 1.29 is 4.74 Å². The maximum absolute atomic E-state index is 8.71. The molecule has 3 nitrogen and oxygen atoms in total. The van der Waals surface area contributed by atoms with Crippen LogP contribution >= 0.6 is 11.6 Å². The number of benzene rings is 1. The van der Waals surface area contributed by atoms with Crippen LogP contribution in [-0.4, -0.2) is 19.7 Å². The third-order valence-electron chi connectivity index (χ3n) is 3.01. The summed E-state index contributed by atoms with van der Waals surface area (Å²) < 4.78 is 5.39. The van der Waals surface area contributed by atoms with Gasteiger partial charge in [0.25, 0.3) is 0 Å². The molecule has 1 aromatic carbocycles. The number of nitriles is 1. The van der Waals surface area contributed by atoms with E-state index in [-0.39, 0.29) is 6.04 Å². The third-order valence-corrected chi connectivity index (χ3v) is 3.59. The monoisotopic (exact) mass is 266 g/mol. The Morgan fingerprint density at radius 3 is 2.72 bits per heavy atom. The lowest BCUT2D eigenvalue weighted by atomic mass is 10.0. The average molecular weight is 267 g/mol. The molecule has 0 saturated heterocycles. The first-order valence-electron chi connectivity index (χ1n) is 5.96. The van der Waals surface area contributed by atoms with Gasteiger partial charge in [-0.3, -0.25) is 0 Å². The van der Waals surface area contributed by atoms with Gasteiger partial charge in [-0.05, 0) is 49.9 Å². The van der Waals surface area contributed by atoms with Gasteiger partial charge in [0, 0.05) is 11.6 Å². The smallest absolute Gasteiger partial charge is 0.122 e. The van der Waals surface area contributed by atoms with Crippen LogP contribution in [0.15, 0.2) is 6.07 Å². The molecule has 18 heavy (non-hydrogen) atoms. The van der Waals surface area contributed by atoms with E-state index in [4.69, 9.17) is 21.6 Å². The zero-order chi connectivity index (χ0) is 13.7. The number of nitrogens with one attached hydrogen (secondary N) is 1. The molecule has 0 saturated carbocycles. The van der Waals surface area contributed by atoms with E-state index in [1.807, 2.05) is 26.8 Å². The minimum Gasteiger partial charge on any atom is -0.496 e. The lowest BCUT2D eigenvalue weighted by Crippen LogP contribution is -2.26. The van der Waals surface area contributed by atoms with E-state index >= 15 is 0 Å². The largest absolute Gasteiger partial charge is 0.496 e. The molecule has 1 unspecified atom stereocenters. The van der Waals surface area contributed by atoms with E-state index in [0.717, 1.165) is 40.4 Å². The Balaban J connectivity index is 2.88. The molecule has 4 heteroatoms. The number of methoxy groups -OCH3 is 1. The van der Waals surface area contributed by atoms with Crippen molar-refractivity contribution in [2.24, 2.45) is 0 Å². The Labute approximate surface area is 114 Å². The zero-order valence-electron chi connectivity index (χ0n) is 11.3. The van der Waals surface area contributed by atoms with Gasteiger partial charge >= 0.3 is 0 Å². The molecule has 1 N–H and O–H groups in total. The quantitative estimate of drug-likeness (QED) is 0.891. The van der Waals surface area contributed by atoms with E-state index in [0.29, 0.717) is 0 Å². The summed E-state index contributed by atoms with van der Waals surface area (Å²) in [6.07, 6.45) is 0.793. The first-order chi connectivity index (χ1) is 8.51. The molecule has 0 heterocycles. The van der Waals surface area contributed by atoms with Crippen LogP contribution in [0.1, 0.15) is 23.6 Å². The zero-order valence-corrected chi connectivity index (χ0v) is 12.1. The van der Waals surface area contributed by atoms with Gasteiger partial charge in [-0.25, -0.2) is 0 Å². The minimum absolute atomic E-state index is 0.141. The molecular weight excluding hydrogens is 248 g/mol. The highest BCUT2D eigenvalue weighted by atomic mass is 35.5. The third kappa shape index (κ3) is 3.38. The molecular formula is C14H19ClN2O. The minimum atomic E-state index is -0.141. The summed E-state index contributed by atoms with van der Waals surface area (Å²) >= 11 is 6.25. The Bertz CT molecular complexity index is 466. The summed E-state index contributed by atoms with van der Waals surface area (Å²) in [5, 5.41) is 12.6. The van der Waals surface area contributed by atoms with Gasteiger partial charge in [0.15, 0.2) is 0 Å². The van der Waals surface area contributed by atoms with E-state index in [1.165, 1.54) is 0 Å². The van der Waals surface area contributed by atoms with Gasteiger partial charge in [0.2, 0.25) is 0 Å². The second kappa shape index (κ2) is 6.63. The highest BCUT2D eigenvalue weighted by Crippen LogP contribution is 2.31. The van der Waals surface area contributed by atoms with Gasteiger partial charge in [-0.2, -0.15) is 5.26 Å². The highest BCUT2D eigenvalue weighted by Gasteiger charge is 2.12. The van der Waals surface area contributed by atoms with Crippen molar-refractivity contribution in [3.63, 3.8) is 0 Å². The summed E-state index contributed by atoms with van der Waals surface area (Å²) in [7, 11) is 1.66. The van der Waals surface area contributed by atoms with Gasteiger partial charge in [0.1, 0.15) is 5.75 Å². The van der Waals surface area contributed by atoms with Crippen LogP contribution in [0.25, 0.3) is 0 Å². The maximum Gasteiger partial charge on any atom is 0.122 e. The fourth-order valence-corrected chi connectivity index (χ4v) is 2.08. The highest BCUT2D eigenvalue weighted by molar-refractivity contribution is 6.32. The van der Waals surface area contributed by atoms with E-state index in [2.05, 4.69) is 11.4 Å². The van der Waals surface area contributed by atoms with Crippen LogP contribution in [0.4, 0.5) is 0 Å². The van der Waals surface area contributed by atoms with Gasteiger partial charge in [-0.15, -0.1) is 0 Å². The van der Waals surface area contributed by atoms with Crippen LogP contribution in [0.2, 0.25) is 5.02 Å². The SMILES string of the molecule is COc1cc(C)c(Cl)c(C)c1CCNC(C)C#N. The van der Waals surface area contributed by atoms with Crippen molar-refractivity contribution in [2.45, 2.75) is 33.2 Å². The molecule has 0 aliphatic heterocycles. The van der Waals surface area contributed by atoms with Crippen LogP contribution in [0.3, 0.4) is 0 Å². The summed E-state index contributed by atoms with van der Waals surface area (Å²) in [6.45, 7) is 6.54. The molecule has 0 spiro atoms. The predicted octanol–water partition coefficient (Wildman–Crippen LogP) is 3.01. The van der Waals surface area contributed by atoms with E-state index in [9.17, 15) is 0 Å². The molecule has 0 radical (unpaired) electrons. The molecule has 0 aliphatic carbocycles.